The molecule has 6 heteroatoms. The van der Waals surface area contributed by atoms with Gasteiger partial charge < -0.3 is 9.47 Å². The molecule has 1 aliphatic rings. The average molecular weight is 300 g/mol. The Labute approximate surface area is 126 Å². The molecule has 1 amide bonds. The third-order valence-corrected chi connectivity index (χ3v) is 3.54. The zero-order chi connectivity index (χ0) is 16.0. The van der Waals surface area contributed by atoms with E-state index in [1.54, 1.807) is 0 Å². The number of esters is 1. The molecular weight excluding hydrogens is 272 g/mol. The molecule has 1 rings (SSSR count). The van der Waals surface area contributed by atoms with E-state index in [4.69, 9.17) is 9.47 Å². The van der Waals surface area contributed by atoms with Gasteiger partial charge in [0.2, 0.25) is 0 Å². The van der Waals surface area contributed by atoms with Gasteiger partial charge in [-0.1, -0.05) is 6.92 Å². The van der Waals surface area contributed by atoms with Crippen LogP contribution in [0.1, 0.15) is 53.9 Å². The number of carbonyl (C=O) groups is 2. The molecule has 0 radical (unpaired) electrons. The summed E-state index contributed by atoms with van der Waals surface area (Å²) in [6.45, 7) is 9.74. The lowest BCUT2D eigenvalue weighted by atomic mass is 9.78. The normalized spacial score (nSPS) is 26.0. The molecule has 0 aromatic carbocycles. The molecule has 1 saturated carbocycles. The van der Waals surface area contributed by atoms with Crippen molar-refractivity contribution in [3.05, 3.63) is 0 Å². The van der Waals surface area contributed by atoms with Crippen molar-refractivity contribution in [3.63, 3.8) is 0 Å². The Balaban J connectivity index is 2.35. The minimum absolute atomic E-state index is 0.0375. The number of hydrazine groups is 1. The van der Waals surface area contributed by atoms with Crippen LogP contribution < -0.4 is 10.9 Å². The van der Waals surface area contributed by atoms with Crippen LogP contribution in [0.2, 0.25) is 0 Å². The van der Waals surface area contributed by atoms with E-state index in [1.807, 2.05) is 34.6 Å². The summed E-state index contributed by atoms with van der Waals surface area (Å²) >= 11 is 0. The standard InChI is InChI=1S/C15H28N2O4/c1-6-20-13(18)12-8-7-11(9-10(12)2)16-17-14(19)21-15(3,4)5/h10-12,16H,6-9H2,1-5H3,(H,17,19)/t10-,11-,12-/m1/s1. The number of rotatable bonds is 4. The summed E-state index contributed by atoms with van der Waals surface area (Å²) in [5.41, 5.74) is 5.05. The minimum Gasteiger partial charge on any atom is -0.466 e. The van der Waals surface area contributed by atoms with Crippen molar-refractivity contribution in [2.24, 2.45) is 11.8 Å². The Kier molecular flexibility index (Phi) is 6.45. The molecule has 0 aromatic heterocycles. The predicted octanol–water partition coefficient (Wildman–Crippen LogP) is 2.38. The maximum Gasteiger partial charge on any atom is 0.422 e. The average Bonchev–Trinajstić information content (AvgIpc) is 2.34. The number of amides is 1. The predicted molar refractivity (Wildman–Crippen MR) is 79.4 cm³/mol. The van der Waals surface area contributed by atoms with Gasteiger partial charge in [0, 0.05) is 6.04 Å². The Morgan fingerprint density at radius 2 is 1.90 bits per heavy atom. The van der Waals surface area contributed by atoms with Crippen molar-refractivity contribution in [3.8, 4) is 0 Å². The van der Waals surface area contributed by atoms with E-state index in [0.29, 0.717) is 6.61 Å². The number of ether oxygens (including phenoxy) is 2. The number of hydrogen-bond donors (Lipinski definition) is 2. The van der Waals surface area contributed by atoms with Gasteiger partial charge in [0.15, 0.2) is 0 Å². The summed E-state index contributed by atoms with van der Waals surface area (Å²) in [6.07, 6.45) is 1.93. The van der Waals surface area contributed by atoms with Crippen LogP contribution in [0.4, 0.5) is 4.79 Å². The topological polar surface area (TPSA) is 76.7 Å². The first-order valence-electron chi connectivity index (χ1n) is 7.64. The third-order valence-electron chi connectivity index (χ3n) is 3.54. The van der Waals surface area contributed by atoms with Gasteiger partial charge in [0.1, 0.15) is 5.60 Å². The molecule has 6 nitrogen and oxygen atoms in total. The summed E-state index contributed by atoms with van der Waals surface area (Å²) in [6, 6.07) is 0.151. The smallest absolute Gasteiger partial charge is 0.422 e. The minimum atomic E-state index is -0.513. The largest absolute Gasteiger partial charge is 0.466 e. The van der Waals surface area contributed by atoms with Gasteiger partial charge >= 0.3 is 12.1 Å². The van der Waals surface area contributed by atoms with Crippen LogP contribution in [-0.2, 0) is 14.3 Å². The third kappa shape index (κ3) is 6.33. The molecule has 0 saturated heterocycles. The Bertz CT molecular complexity index is 365. The summed E-state index contributed by atoms with van der Waals surface area (Å²) in [5, 5.41) is 0. The maximum atomic E-state index is 11.8. The van der Waals surface area contributed by atoms with E-state index < -0.39 is 11.7 Å². The number of hydrogen-bond acceptors (Lipinski definition) is 5. The molecular formula is C15H28N2O4. The second kappa shape index (κ2) is 7.64. The van der Waals surface area contributed by atoms with Crippen LogP contribution in [0, 0.1) is 11.8 Å². The van der Waals surface area contributed by atoms with E-state index in [1.165, 1.54) is 0 Å². The highest BCUT2D eigenvalue weighted by Crippen LogP contribution is 2.30. The molecule has 3 atom stereocenters. The zero-order valence-electron chi connectivity index (χ0n) is 13.7. The lowest BCUT2D eigenvalue weighted by molar-refractivity contribution is -0.151. The van der Waals surface area contributed by atoms with Crippen molar-refractivity contribution < 1.29 is 19.1 Å². The highest BCUT2D eigenvalue weighted by atomic mass is 16.6. The van der Waals surface area contributed by atoms with E-state index >= 15 is 0 Å². The van der Waals surface area contributed by atoms with Gasteiger partial charge in [0.05, 0.1) is 12.5 Å². The molecule has 2 N–H and O–H groups in total. The Hall–Kier alpha value is -1.30. The SMILES string of the molecule is CCOC(=O)[C@@H]1CC[C@@H](NNC(=O)OC(C)(C)C)C[C@H]1C. The highest BCUT2D eigenvalue weighted by molar-refractivity contribution is 5.72. The molecule has 1 aliphatic carbocycles. The number of nitrogens with one attached hydrogen (secondary N) is 2. The molecule has 0 spiro atoms. The molecule has 0 unspecified atom stereocenters. The fourth-order valence-corrected chi connectivity index (χ4v) is 2.59. The van der Waals surface area contributed by atoms with Gasteiger partial charge in [-0.15, -0.1) is 0 Å². The monoisotopic (exact) mass is 300 g/mol. The van der Waals surface area contributed by atoms with Crippen LogP contribution in [0.3, 0.4) is 0 Å². The van der Waals surface area contributed by atoms with Crippen molar-refractivity contribution in [2.45, 2.75) is 65.5 Å². The van der Waals surface area contributed by atoms with Gasteiger partial charge in [-0.05, 0) is 52.9 Å². The maximum absolute atomic E-state index is 11.8. The van der Waals surface area contributed by atoms with Crippen molar-refractivity contribution >= 4 is 12.1 Å². The lowest BCUT2D eigenvalue weighted by Gasteiger charge is -2.33. The second-order valence-electron chi connectivity index (χ2n) is 6.62. The lowest BCUT2D eigenvalue weighted by Crippen LogP contribution is -2.49. The zero-order valence-corrected chi connectivity index (χ0v) is 13.7. The first kappa shape index (κ1) is 17.8. The van der Waals surface area contributed by atoms with Gasteiger partial charge in [-0.25, -0.2) is 10.2 Å². The molecule has 0 bridgehead atoms. The van der Waals surface area contributed by atoms with Crippen LogP contribution in [0.25, 0.3) is 0 Å². The van der Waals surface area contributed by atoms with E-state index in [0.717, 1.165) is 19.3 Å². The van der Waals surface area contributed by atoms with Crippen LogP contribution in [-0.4, -0.2) is 30.3 Å². The van der Waals surface area contributed by atoms with Crippen LogP contribution >= 0.6 is 0 Å². The number of carbonyl (C=O) groups excluding carboxylic acids is 2. The van der Waals surface area contributed by atoms with E-state index in [9.17, 15) is 9.59 Å². The molecule has 0 aliphatic heterocycles. The highest BCUT2D eigenvalue weighted by Gasteiger charge is 2.33. The van der Waals surface area contributed by atoms with E-state index in [-0.39, 0.29) is 23.8 Å². The fraction of sp³-hybridized carbons (Fsp3) is 0.867. The van der Waals surface area contributed by atoms with Gasteiger partial charge in [-0.2, -0.15) is 0 Å². The fourth-order valence-electron chi connectivity index (χ4n) is 2.59. The first-order valence-corrected chi connectivity index (χ1v) is 7.64. The van der Waals surface area contributed by atoms with Crippen LogP contribution in [0.5, 0.6) is 0 Å². The summed E-state index contributed by atoms with van der Waals surface area (Å²) in [7, 11) is 0. The van der Waals surface area contributed by atoms with Gasteiger partial charge in [0.25, 0.3) is 0 Å². The summed E-state index contributed by atoms with van der Waals surface area (Å²) < 4.78 is 10.3. The first-order chi connectivity index (χ1) is 9.73. The molecule has 21 heavy (non-hydrogen) atoms. The molecule has 1 fully saturated rings. The molecule has 122 valence electrons. The van der Waals surface area contributed by atoms with Crippen molar-refractivity contribution in [2.75, 3.05) is 6.61 Å². The van der Waals surface area contributed by atoms with E-state index in [2.05, 4.69) is 10.9 Å². The summed E-state index contributed by atoms with van der Waals surface area (Å²) in [5.74, 6) is 0.0869. The Morgan fingerprint density at radius 1 is 1.24 bits per heavy atom. The Morgan fingerprint density at radius 3 is 2.43 bits per heavy atom. The quantitative estimate of drug-likeness (QED) is 0.616. The van der Waals surface area contributed by atoms with Crippen molar-refractivity contribution in [1.29, 1.82) is 0 Å². The summed E-state index contributed by atoms with van der Waals surface area (Å²) in [4.78, 5) is 23.4. The molecule has 0 aromatic rings. The van der Waals surface area contributed by atoms with Crippen LogP contribution in [0.15, 0.2) is 0 Å². The van der Waals surface area contributed by atoms with Crippen molar-refractivity contribution in [1.82, 2.24) is 10.9 Å². The molecule has 0 heterocycles. The second-order valence-corrected chi connectivity index (χ2v) is 6.62. The van der Waals surface area contributed by atoms with Gasteiger partial charge in [-0.3, -0.25) is 10.2 Å².